The normalized spacial score (nSPS) is 26.0. The fourth-order valence-electron chi connectivity index (χ4n) is 3.39. The molecule has 1 saturated heterocycles. The summed E-state index contributed by atoms with van der Waals surface area (Å²) in [5, 5.41) is 0. The largest absolute Gasteiger partial charge is 0.444 e. The summed E-state index contributed by atoms with van der Waals surface area (Å²) in [7, 11) is 1.75. The van der Waals surface area contributed by atoms with Gasteiger partial charge in [-0.25, -0.2) is 4.79 Å². The molecule has 0 aromatic heterocycles. The van der Waals surface area contributed by atoms with E-state index < -0.39 is 17.2 Å². The molecule has 0 aromatic carbocycles. The molecule has 1 heterocycles. The van der Waals surface area contributed by atoms with E-state index in [2.05, 4.69) is 0 Å². The van der Waals surface area contributed by atoms with Crippen molar-refractivity contribution >= 4 is 23.6 Å². The first-order chi connectivity index (χ1) is 10.3. The van der Waals surface area contributed by atoms with Crippen LogP contribution in [0.15, 0.2) is 0 Å². The molecule has 0 aliphatic carbocycles. The van der Waals surface area contributed by atoms with Crippen molar-refractivity contribution in [3.05, 3.63) is 0 Å². The van der Waals surface area contributed by atoms with E-state index in [0.717, 1.165) is 0 Å². The lowest BCUT2D eigenvalue weighted by Crippen LogP contribution is -2.57. The van der Waals surface area contributed by atoms with Crippen LogP contribution in [0.2, 0.25) is 0 Å². The van der Waals surface area contributed by atoms with E-state index in [1.807, 2.05) is 48.5 Å². The number of rotatable bonds is 3. The molecule has 1 rings (SSSR count). The van der Waals surface area contributed by atoms with Gasteiger partial charge in [0.25, 0.3) is 0 Å². The molecule has 1 aliphatic rings. The van der Waals surface area contributed by atoms with E-state index in [9.17, 15) is 9.59 Å². The second-order valence-corrected chi connectivity index (χ2v) is 8.71. The first-order valence-corrected chi connectivity index (χ1v) is 8.71. The van der Waals surface area contributed by atoms with Gasteiger partial charge < -0.3 is 9.64 Å². The van der Waals surface area contributed by atoms with Gasteiger partial charge in [0.05, 0.1) is 0 Å². The topological polar surface area (TPSA) is 49.9 Å². The van der Waals surface area contributed by atoms with Crippen molar-refractivity contribution in [3.63, 3.8) is 0 Å². The van der Waals surface area contributed by atoms with Gasteiger partial charge in [-0.15, -0.1) is 11.6 Å². The maximum absolute atomic E-state index is 13.0. The second kappa shape index (κ2) is 6.50. The number of amides is 2. The fraction of sp³-hybridized carbons (Fsp3) is 0.882. The molecule has 6 heteroatoms. The SMILES string of the molecule is CC[C@@]1(CCCl)C(=O)N(C)[C@H](C(C)(C)C)N1C(=O)OC(C)(C)C. The average Bonchev–Trinajstić information content (AvgIpc) is 2.59. The van der Waals surface area contributed by atoms with E-state index in [4.69, 9.17) is 16.3 Å². The zero-order valence-electron chi connectivity index (χ0n) is 15.7. The van der Waals surface area contributed by atoms with Crippen molar-refractivity contribution in [3.8, 4) is 0 Å². The lowest BCUT2D eigenvalue weighted by atomic mass is 9.88. The highest BCUT2D eigenvalue weighted by atomic mass is 35.5. The van der Waals surface area contributed by atoms with Gasteiger partial charge in [0.2, 0.25) is 5.91 Å². The van der Waals surface area contributed by atoms with Gasteiger partial charge in [0.1, 0.15) is 17.3 Å². The average molecular weight is 347 g/mol. The van der Waals surface area contributed by atoms with Gasteiger partial charge in [-0.2, -0.15) is 0 Å². The van der Waals surface area contributed by atoms with Crippen LogP contribution in [-0.2, 0) is 9.53 Å². The van der Waals surface area contributed by atoms with Gasteiger partial charge in [0, 0.05) is 18.3 Å². The smallest absolute Gasteiger partial charge is 0.412 e. The third-order valence-electron chi connectivity index (χ3n) is 4.25. The molecule has 0 N–H and O–H groups in total. The quantitative estimate of drug-likeness (QED) is 0.729. The molecule has 0 saturated carbocycles. The summed E-state index contributed by atoms with van der Waals surface area (Å²) in [6.07, 6.45) is 0.101. The highest BCUT2D eigenvalue weighted by Crippen LogP contribution is 2.43. The molecule has 0 bridgehead atoms. The predicted molar refractivity (Wildman–Crippen MR) is 92.4 cm³/mol. The number of alkyl halides is 1. The number of hydrogen-bond donors (Lipinski definition) is 0. The minimum absolute atomic E-state index is 0.0635. The summed E-state index contributed by atoms with van der Waals surface area (Å²) in [6.45, 7) is 13.5. The van der Waals surface area contributed by atoms with Gasteiger partial charge >= 0.3 is 6.09 Å². The molecule has 5 nitrogen and oxygen atoms in total. The number of likely N-dealkylation sites (N-methyl/N-ethyl adjacent to an activating group) is 1. The van der Waals surface area contributed by atoms with Crippen LogP contribution in [-0.4, -0.2) is 52.0 Å². The van der Waals surface area contributed by atoms with E-state index >= 15 is 0 Å². The van der Waals surface area contributed by atoms with Crippen LogP contribution in [0.4, 0.5) is 4.79 Å². The number of halogens is 1. The van der Waals surface area contributed by atoms with E-state index in [1.165, 1.54) is 0 Å². The predicted octanol–water partition coefficient (Wildman–Crippen LogP) is 3.85. The van der Waals surface area contributed by atoms with Gasteiger partial charge in [0.15, 0.2) is 0 Å². The van der Waals surface area contributed by atoms with E-state index in [0.29, 0.717) is 18.7 Å². The molecule has 1 fully saturated rings. The number of nitrogens with zero attached hydrogens (tertiary/aromatic N) is 2. The van der Waals surface area contributed by atoms with Crippen LogP contribution in [0.25, 0.3) is 0 Å². The van der Waals surface area contributed by atoms with Crippen molar-refractivity contribution in [2.45, 2.75) is 78.6 Å². The van der Waals surface area contributed by atoms with Gasteiger partial charge in [-0.1, -0.05) is 27.7 Å². The molecule has 134 valence electrons. The van der Waals surface area contributed by atoms with Gasteiger partial charge in [-0.3, -0.25) is 9.69 Å². The molecular formula is C17H31ClN2O3. The number of carbonyl (C=O) groups is 2. The van der Waals surface area contributed by atoms with Crippen LogP contribution in [0, 0.1) is 5.41 Å². The van der Waals surface area contributed by atoms with Crippen molar-refractivity contribution < 1.29 is 14.3 Å². The number of hydrogen-bond acceptors (Lipinski definition) is 3. The molecule has 2 atom stereocenters. The monoisotopic (exact) mass is 346 g/mol. The summed E-state index contributed by atoms with van der Waals surface area (Å²) < 4.78 is 5.61. The maximum Gasteiger partial charge on any atom is 0.412 e. The van der Waals surface area contributed by atoms with Crippen molar-refractivity contribution in [1.82, 2.24) is 9.80 Å². The Balaban J connectivity index is 3.43. The lowest BCUT2D eigenvalue weighted by Gasteiger charge is -2.42. The Morgan fingerprint density at radius 1 is 1.26 bits per heavy atom. The molecule has 0 spiro atoms. The minimum Gasteiger partial charge on any atom is -0.444 e. The van der Waals surface area contributed by atoms with Crippen LogP contribution >= 0.6 is 11.6 Å². The molecule has 0 unspecified atom stereocenters. The number of ether oxygens (including phenoxy) is 1. The zero-order valence-corrected chi connectivity index (χ0v) is 16.5. The first kappa shape index (κ1) is 20.1. The summed E-state index contributed by atoms with van der Waals surface area (Å²) >= 11 is 5.98. The summed E-state index contributed by atoms with van der Waals surface area (Å²) in [5.41, 5.74) is -1.86. The van der Waals surface area contributed by atoms with E-state index in [1.54, 1.807) is 16.8 Å². The second-order valence-electron chi connectivity index (χ2n) is 8.33. The third kappa shape index (κ3) is 3.76. The Kier molecular flexibility index (Phi) is 5.67. The van der Waals surface area contributed by atoms with E-state index in [-0.39, 0.29) is 17.5 Å². The Morgan fingerprint density at radius 3 is 2.13 bits per heavy atom. The molecular weight excluding hydrogens is 316 g/mol. The molecule has 23 heavy (non-hydrogen) atoms. The highest BCUT2D eigenvalue weighted by molar-refractivity contribution is 6.18. The summed E-state index contributed by atoms with van der Waals surface area (Å²) in [5.74, 6) is 0.246. The van der Waals surface area contributed by atoms with Crippen LogP contribution in [0.1, 0.15) is 61.3 Å². The third-order valence-corrected chi connectivity index (χ3v) is 4.44. The highest BCUT2D eigenvalue weighted by Gasteiger charge is 2.60. The minimum atomic E-state index is -0.934. The van der Waals surface area contributed by atoms with Gasteiger partial charge in [-0.05, 0) is 33.6 Å². The fourth-order valence-corrected chi connectivity index (χ4v) is 3.70. The van der Waals surface area contributed by atoms with Crippen LogP contribution in [0.3, 0.4) is 0 Å². The Hall–Kier alpha value is -0.970. The first-order valence-electron chi connectivity index (χ1n) is 8.17. The Labute approximate surface area is 145 Å². The molecule has 0 radical (unpaired) electrons. The zero-order chi connectivity index (χ0) is 18.2. The van der Waals surface area contributed by atoms with Crippen LogP contribution < -0.4 is 0 Å². The van der Waals surface area contributed by atoms with Crippen molar-refractivity contribution in [2.75, 3.05) is 12.9 Å². The van der Waals surface area contributed by atoms with Crippen molar-refractivity contribution in [1.29, 1.82) is 0 Å². The molecule has 1 aliphatic heterocycles. The summed E-state index contributed by atoms with van der Waals surface area (Å²) in [6, 6.07) is 0. The van der Waals surface area contributed by atoms with Crippen LogP contribution in [0.5, 0.6) is 0 Å². The maximum atomic E-state index is 13.0. The molecule has 2 amide bonds. The lowest BCUT2D eigenvalue weighted by molar-refractivity contribution is -0.133. The standard InChI is InChI=1S/C17H31ClN2O3/c1-9-17(10-11-18)13(21)19(8)12(15(2,3)4)20(17)14(22)23-16(5,6)7/h12H,9-11H2,1-8H3/t12-,17+/m0/s1. The molecule has 0 aromatic rings. The van der Waals surface area contributed by atoms with Crippen molar-refractivity contribution in [2.24, 2.45) is 5.41 Å². The Bertz CT molecular complexity index is 467. The Morgan fingerprint density at radius 2 is 1.78 bits per heavy atom. The number of carbonyl (C=O) groups excluding carboxylic acids is 2. The summed E-state index contributed by atoms with van der Waals surface area (Å²) in [4.78, 5) is 29.2.